The van der Waals surface area contributed by atoms with Crippen LogP contribution in [0.3, 0.4) is 0 Å². The zero-order valence-corrected chi connectivity index (χ0v) is 15.8. The number of hydrogen-bond donors (Lipinski definition) is 1. The van der Waals surface area contributed by atoms with Crippen LogP contribution in [0.5, 0.6) is 0 Å². The van der Waals surface area contributed by atoms with Gasteiger partial charge in [0.2, 0.25) is 5.95 Å². The monoisotopic (exact) mass is 369 g/mol. The maximum absolute atomic E-state index is 9.33. The van der Waals surface area contributed by atoms with E-state index in [9.17, 15) is 5.26 Å². The highest BCUT2D eigenvalue weighted by Crippen LogP contribution is 2.36. The number of anilines is 3. The van der Waals surface area contributed by atoms with Gasteiger partial charge in [0, 0.05) is 19.3 Å². The highest BCUT2D eigenvalue weighted by molar-refractivity contribution is 7.10. The van der Waals surface area contributed by atoms with Crippen molar-refractivity contribution in [1.82, 2.24) is 19.2 Å². The van der Waals surface area contributed by atoms with E-state index in [0.29, 0.717) is 12.4 Å². The molecule has 0 bridgehead atoms. The summed E-state index contributed by atoms with van der Waals surface area (Å²) in [7, 11) is 0. The SMILES string of the molecule is Cc1cc(Nc2nccc(N3CC(CC#N)(N4CCCCC4)C3)n2)sn1. The smallest absolute Gasteiger partial charge is 0.229 e. The van der Waals surface area contributed by atoms with E-state index < -0.39 is 0 Å². The minimum absolute atomic E-state index is 0.0114. The maximum atomic E-state index is 9.33. The van der Waals surface area contributed by atoms with Crippen molar-refractivity contribution in [3.63, 3.8) is 0 Å². The lowest BCUT2D eigenvalue weighted by Gasteiger charge is -2.56. The first-order valence-corrected chi connectivity index (χ1v) is 9.86. The van der Waals surface area contributed by atoms with Gasteiger partial charge in [0.15, 0.2) is 0 Å². The van der Waals surface area contributed by atoms with Gasteiger partial charge < -0.3 is 10.2 Å². The topological polar surface area (TPSA) is 81.0 Å². The lowest BCUT2D eigenvalue weighted by molar-refractivity contribution is 0.0439. The summed E-state index contributed by atoms with van der Waals surface area (Å²) in [6.07, 6.45) is 6.15. The second-order valence-corrected chi connectivity index (χ2v) is 7.96. The maximum Gasteiger partial charge on any atom is 0.229 e. The predicted octanol–water partition coefficient (Wildman–Crippen LogP) is 2.94. The molecule has 0 amide bonds. The summed E-state index contributed by atoms with van der Waals surface area (Å²) < 4.78 is 4.27. The largest absolute Gasteiger partial charge is 0.353 e. The molecule has 2 saturated heterocycles. The molecule has 0 spiro atoms. The molecule has 2 aromatic heterocycles. The van der Waals surface area contributed by atoms with Crippen LogP contribution in [-0.4, -0.2) is 51.0 Å². The number of nitrogens with zero attached hydrogens (tertiary/aromatic N) is 6. The summed E-state index contributed by atoms with van der Waals surface area (Å²) in [5.74, 6) is 1.50. The van der Waals surface area contributed by atoms with E-state index in [1.807, 2.05) is 19.1 Å². The number of likely N-dealkylation sites (tertiary alicyclic amines) is 1. The number of piperidine rings is 1. The highest BCUT2D eigenvalue weighted by Gasteiger charge is 2.48. The zero-order chi connectivity index (χ0) is 18.0. The van der Waals surface area contributed by atoms with Crippen LogP contribution in [0.15, 0.2) is 18.3 Å². The Labute approximate surface area is 157 Å². The Morgan fingerprint density at radius 2 is 2.12 bits per heavy atom. The third kappa shape index (κ3) is 3.37. The molecule has 0 radical (unpaired) electrons. The van der Waals surface area contributed by atoms with Crippen LogP contribution in [0, 0.1) is 18.3 Å². The molecule has 136 valence electrons. The van der Waals surface area contributed by atoms with E-state index in [1.165, 1.54) is 30.8 Å². The number of rotatable bonds is 5. The van der Waals surface area contributed by atoms with Crippen molar-refractivity contribution in [2.24, 2.45) is 0 Å². The Kier molecular flexibility index (Phi) is 4.74. The van der Waals surface area contributed by atoms with E-state index in [4.69, 9.17) is 0 Å². The third-order valence-corrected chi connectivity index (χ3v) is 6.03. The fourth-order valence-corrected chi connectivity index (χ4v) is 4.54. The van der Waals surface area contributed by atoms with Crippen molar-refractivity contribution in [2.75, 3.05) is 36.4 Å². The van der Waals surface area contributed by atoms with Crippen LogP contribution in [-0.2, 0) is 0 Å². The van der Waals surface area contributed by atoms with E-state index in [-0.39, 0.29) is 5.54 Å². The van der Waals surface area contributed by atoms with Gasteiger partial charge in [-0.05, 0) is 56.5 Å². The van der Waals surface area contributed by atoms with E-state index in [2.05, 4.69) is 35.5 Å². The molecule has 0 unspecified atom stereocenters. The van der Waals surface area contributed by atoms with Crippen molar-refractivity contribution in [3.05, 3.63) is 24.0 Å². The van der Waals surface area contributed by atoms with Gasteiger partial charge in [-0.2, -0.15) is 14.6 Å². The first-order valence-electron chi connectivity index (χ1n) is 9.09. The normalized spacial score (nSPS) is 19.6. The summed E-state index contributed by atoms with van der Waals surface area (Å²) in [6.45, 7) is 5.90. The van der Waals surface area contributed by atoms with Crippen molar-refractivity contribution in [3.8, 4) is 6.07 Å². The predicted molar refractivity (Wildman–Crippen MR) is 103 cm³/mol. The van der Waals surface area contributed by atoms with Crippen LogP contribution >= 0.6 is 11.5 Å². The van der Waals surface area contributed by atoms with Crippen molar-refractivity contribution >= 4 is 28.3 Å². The van der Waals surface area contributed by atoms with Gasteiger partial charge in [-0.3, -0.25) is 4.90 Å². The molecule has 8 heteroatoms. The number of hydrogen-bond acceptors (Lipinski definition) is 8. The Morgan fingerprint density at radius 3 is 2.81 bits per heavy atom. The van der Waals surface area contributed by atoms with Gasteiger partial charge in [0.25, 0.3) is 0 Å². The summed E-state index contributed by atoms with van der Waals surface area (Å²) in [6, 6.07) is 6.33. The lowest BCUT2D eigenvalue weighted by atomic mass is 9.83. The summed E-state index contributed by atoms with van der Waals surface area (Å²) >= 11 is 1.41. The molecule has 2 fully saturated rings. The molecule has 4 heterocycles. The van der Waals surface area contributed by atoms with Crippen molar-refractivity contribution in [2.45, 2.75) is 38.1 Å². The van der Waals surface area contributed by atoms with Crippen LogP contribution in [0.4, 0.5) is 16.8 Å². The average molecular weight is 369 g/mol. The van der Waals surface area contributed by atoms with Crippen LogP contribution in [0.1, 0.15) is 31.4 Å². The standard InChI is InChI=1S/C18H23N7S/c1-14-11-16(26-23-14)22-17-20-8-5-15(21-17)24-12-18(13-24,6-7-19)25-9-3-2-4-10-25/h5,8,11H,2-4,6,9-10,12-13H2,1H3,(H,20,21,22). The molecule has 0 aromatic carbocycles. The molecule has 4 rings (SSSR count). The summed E-state index contributed by atoms with van der Waals surface area (Å²) in [4.78, 5) is 13.7. The van der Waals surface area contributed by atoms with Crippen molar-refractivity contribution in [1.29, 1.82) is 5.26 Å². The molecule has 1 N–H and O–H groups in total. The molecular weight excluding hydrogens is 346 g/mol. The molecule has 7 nitrogen and oxygen atoms in total. The second kappa shape index (κ2) is 7.17. The number of nitriles is 1. The summed E-state index contributed by atoms with van der Waals surface area (Å²) in [5.41, 5.74) is 0.974. The van der Waals surface area contributed by atoms with Crippen molar-refractivity contribution < 1.29 is 0 Å². The zero-order valence-electron chi connectivity index (χ0n) is 15.0. The molecule has 2 aliphatic heterocycles. The fourth-order valence-electron chi connectivity index (χ4n) is 3.88. The minimum Gasteiger partial charge on any atom is -0.353 e. The summed E-state index contributed by atoms with van der Waals surface area (Å²) in [5, 5.41) is 13.5. The van der Waals surface area contributed by atoms with Gasteiger partial charge in [0.05, 0.1) is 23.7 Å². The number of aromatic nitrogens is 3. The molecular formula is C18H23N7S. The van der Waals surface area contributed by atoms with Crippen LogP contribution < -0.4 is 10.2 Å². The van der Waals surface area contributed by atoms with E-state index in [1.54, 1.807) is 6.20 Å². The van der Waals surface area contributed by atoms with Crippen LogP contribution in [0.25, 0.3) is 0 Å². The second-order valence-electron chi connectivity index (χ2n) is 7.16. The molecule has 0 aliphatic carbocycles. The molecule has 0 atom stereocenters. The fraction of sp³-hybridized carbons (Fsp3) is 0.556. The quantitative estimate of drug-likeness (QED) is 0.868. The molecule has 0 saturated carbocycles. The third-order valence-electron chi connectivity index (χ3n) is 5.23. The number of aryl methyl sites for hydroxylation is 1. The minimum atomic E-state index is -0.0114. The van der Waals surface area contributed by atoms with E-state index in [0.717, 1.165) is 42.7 Å². The van der Waals surface area contributed by atoms with E-state index >= 15 is 0 Å². The molecule has 2 aromatic rings. The lowest BCUT2D eigenvalue weighted by Crippen LogP contribution is -2.71. The first-order chi connectivity index (χ1) is 12.7. The van der Waals surface area contributed by atoms with Gasteiger partial charge >= 0.3 is 0 Å². The van der Waals surface area contributed by atoms with Crippen LogP contribution in [0.2, 0.25) is 0 Å². The first kappa shape index (κ1) is 17.2. The highest BCUT2D eigenvalue weighted by atomic mass is 32.1. The van der Waals surface area contributed by atoms with Gasteiger partial charge in [-0.1, -0.05) is 6.42 Å². The average Bonchev–Trinajstić information content (AvgIpc) is 3.03. The number of nitrogens with one attached hydrogen (secondary N) is 1. The van der Waals surface area contributed by atoms with Gasteiger partial charge in [0.1, 0.15) is 10.8 Å². The molecule has 2 aliphatic rings. The van der Waals surface area contributed by atoms with Gasteiger partial charge in [-0.25, -0.2) is 4.98 Å². The van der Waals surface area contributed by atoms with Gasteiger partial charge in [-0.15, -0.1) is 0 Å². The Hall–Kier alpha value is -2.24. The molecule has 26 heavy (non-hydrogen) atoms. The Morgan fingerprint density at radius 1 is 1.31 bits per heavy atom. The Bertz CT molecular complexity index is 800. The Balaban J connectivity index is 1.45.